The molecule has 5 nitrogen and oxygen atoms in total. The number of carbonyl (C=O) groups excluding carboxylic acids is 1. The van der Waals surface area contributed by atoms with E-state index in [0.29, 0.717) is 35.2 Å². The average Bonchev–Trinajstić information content (AvgIpc) is 3.33. The van der Waals surface area contributed by atoms with E-state index in [4.69, 9.17) is 11.6 Å². The fourth-order valence-corrected chi connectivity index (χ4v) is 4.08. The highest BCUT2D eigenvalue weighted by Gasteiger charge is 2.26. The monoisotopic (exact) mass is 390 g/mol. The molecule has 3 heterocycles. The van der Waals surface area contributed by atoms with Crippen molar-refractivity contribution in [2.75, 3.05) is 24.6 Å². The van der Waals surface area contributed by atoms with Crippen LogP contribution in [0.4, 0.5) is 4.39 Å². The Morgan fingerprint density at radius 2 is 1.92 bits per heavy atom. The summed E-state index contributed by atoms with van der Waals surface area (Å²) in [5.74, 6) is 1.90. The molecule has 0 spiro atoms. The normalized spacial score (nSPS) is 14.6. The first-order valence-electron chi connectivity index (χ1n) is 8.19. The Balaban J connectivity index is 1.85. The highest BCUT2D eigenvalue weighted by molar-refractivity contribution is 7.99. The molecule has 2 aromatic heterocycles. The van der Waals surface area contributed by atoms with E-state index in [1.807, 2.05) is 41.2 Å². The molecule has 3 aromatic rings. The molecular weight excluding hydrogens is 375 g/mol. The third-order valence-corrected chi connectivity index (χ3v) is 5.52. The first-order valence-corrected chi connectivity index (χ1v) is 9.72. The summed E-state index contributed by atoms with van der Waals surface area (Å²) in [6, 6.07) is 7.81. The summed E-state index contributed by atoms with van der Waals surface area (Å²) in [7, 11) is 0. The van der Waals surface area contributed by atoms with E-state index in [0.717, 1.165) is 11.5 Å². The Morgan fingerprint density at radius 3 is 2.65 bits per heavy atom. The van der Waals surface area contributed by atoms with E-state index in [1.54, 1.807) is 4.57 Å². The van der Waals surface area contributed by atoms with Gasteiger partial charge >= 0.3 is 0 Å². The molecule has 0 unspecified atom stereocenters. The van der Waals surface area contributed by atoms with Crippen molar-refractivity contribution in [1.82, 2.24) is 19.2 Å². The highest BCUT2D eigenvalue weighted by Crippen LogP contribution is 2.27. The van der Waals surface area contributed by atoms with Crippen molar-refractivity contribution < 1.29 is 9.18 Å². The summed E-state index contributed by atoms with van der Waals surface area (Å²) in [6.45, 7) is 1.42. The number of halogens is 2. The van der Waals surface area contributed by atoms with Gasteiger partial charge in [0.05, 0.1) is 16.9 Å². The topological polar surface area (TPSA) is 43.1 Å². The van der Waals surface area contributed by atoms with Crippen LogP contribution in [0.5, 0.6) is 0 Å². The SMILES string of the molecule is O=C(c1cnn(-c2cc(F)ccc2Cl)c1-n1cccc1)N1CCSCC1. The first kappa shape index (κ1) is 17.2. The van der Waals surface area contributed by atoms with E-state index >= 15 is 0 Å². The Morgan fingerprint density at radius 1 is 1.19 bits per heavy atom. The molecular formula is C18H16ClFN4OS. The maximum atomic E-state index is 13.8. The molecule has 26 heavy (non-hydrogen) atoms. The zero-order valence-corrected chi connectivity index (χ0v) is 15.4. The Hall–Kier alpha value is -2.25. The molecule has 1 saturated heterocycles. The van der Waals surface area contributed by atoms with Gasteiger partial charge in [-0.05, 0) is 24.3 Å². The zero-order valence-electron chi connectivity index (χ0n) is 13.8. The summed E-state index contributed by atoms with van der Waals surface area (Å²) in [5.41, 5.74) is 0.858. The van der Waals surface area contributed by atoms with Crippen molar-refractivity contribution in [3.8, 4) is 11.5 Å². The zero-order chi connectivity index (χ0) is 18.1. The summed E-state index contributed by atoms with van der Waals surface area (Å²) in [5, 5.41) is 4.71. The Bertz CT molecular complexity index is 935. The molecule has 1 aromatic carbocycles. The van der Waals surface area contributed by atoms with Crippen molar-refractivity contribution >= 4 is 29.3 Å². The van der Waals surface area contributed by atoms with E-state index in [1.165, 1.54) is 29.1 Å². The van der Waals surface area contributed by atoms with Crippen LogP contribution in [0.1, 0.15) is 10.4 Å². The number of rotatable bonds is 3. The molecule has 1 aliphatic heterocycles. The minimum absolute atomic E-state index is 0.0761. The van der Waals surface area contributed by atoms with Gasteiger partial charge in [-0.25, -0.2) is 9.07 Å². The second-order valence-electron chi connectivity index (χ2n) is 5.88. The molecule has 0 saturated carbocycles. The lowest BCUT2D eigenvalue weighted by Crippen LogP contribution is -2.38. The van der Waals surface area contributed by atoms with Gasteiger partial charge in [-0.1, -0.05) is 11.6 Å². The smallest absolute Gasteiger partial charge is 0.259 e. The van der Waals surface area contributed by atoms with Gasteiger partial charge in [-0.3, -0.25) is 4.79 Å². The molecule has 0 radical (unpaired) electrons. The lowest BCUT2D eigenvalue weighted by Gasteiger charge is -2.26. The highest BCUT2D eigenvalue weighted by atomic mass is 35.5. The van der Waals surface area contributed by atoms with Gasteiger partial charge < -0.3 is 9.47 Å². The second kappa shape index (κ2) is 7.17. The molecule has 0 bridgehead atoms. The number of thioether (sulfide) groups is 1. The molecule has 134 valence electrons. The Kier molecular flexibility index (Phi) is 4.74. The van der Waals surface area contributed by atoms with Gasteiger partial charge in [-0.15, -0.1) is 0 Å². The quantitative estimate of drug-likeness (QED) is 0.685. The van der Waals surface area contributed by atoms with Crippen molar-refractivity contribution in [2.24, 2.45) is 0 Å². The van der Waals surface area contributed by atoms with E-state index in [-0.39, 0.29) is 5.91 Å². The van der Waals surface area contributed by atoms with Crippen LogP contribution in [0, 0.1) is 5.82 Å². The summed E-state index contributed by atoms with van der Waals surface area (Å²) in [6.07, 6.45) is 5.17. The van der Waals surface area contributed by atoms with Crippen LogP contribution in [0.25, 0.3) is 11.5 Å². The van der Waals surface area contributed by atoms with Gasteiger partial charge in [0.15, 0.2) is 5.82 Å². The summed E-state index contributed by atoms with van der Waals surface area (Å²) < 4.78 is 17.1. The number of amides is 1. The minimum atomic E-state index is -0.417. The molecule has 8 heteroatoms. The van der Waals surface area contributed by atoms with Crippen LogP contribution < -0.4 is 0 Å². The standard InChI is InChI=1S/C18H16ClFN4OS/c19-15-4-3-13(20)11-16(15)24-17(22-5-1-2-6-22)14(12-21-24)18(25)23-7-9-26-10-8-23/h1-6,11-12H,7-10H2. The largest absolute Gasteiger partial charge is 0.337 e. The molecule has 4 rings (SSSR count). The van der Waals surface area contributed by atoms with E-state index in [9.17, 15) is 9.18 Å². The third kappa shape index (κ3) is 3.12. The molecule has 0 atom stereocenters. The molecule has 1 fully saturated rings. The molecule has 0 N–H and O–H groups in total. The van der Waals surface area contributed by atoms with Crippen LogP contribution in [0.3, 0.4) is 0 Å². The molecule has 0 aliphatic carbocycles. The fourth-order valence-electron chi connectivity index (χ4n) is 2.98. The van der Waals surface area contributed by atoms with Gasteiger partial charge in [0.25, 0.3) is 5.91 Å². The number of aromatic nitrogens is 3. The first-order chi connectivity index (χ1) is 12.6. The minimum Gasteiger partial charge on any atom is -0.337 e. The average molecular weight is 391 g/mol. The summed E-state index contributed by atoms with van der Waals surface area (Å²) >= 11 is 8.11. The van der Waals surface area contributed by atoms with Gasteiger partial charge in [0, 0.05) is 43.1 Å². The van der Waals surface area contributed by atoms with E-state index < -0.39 is 5.82 Å². The maximum Gasteiger partial charge on any atom is 0.259 e. The van der Waals surface area contributed by atoms with Crippen molar-refractivity contribution in [2.45, 2.75) is 0 Å². The third-order valence-electron chi connectivity index (χ3n) is 4.26. The van der Waals surface area contributed by atoms with E-state index in [2.05, 4.69) is 5.10 Å². The van der Waals surface area contributed by atoms with Crippen molar-refractivity contribution in [3.05, 3.63) is 65.3 Å². The fraction of sp³-hybridized carbons (Fsp3) is 0.222. The van der Waals surface area contributed by atoms with Crippen molar-refractivity contribution in [3.63, 3.8) is 0 Å². The number of hydrogen-bond acceptors (Lipinski definition) is 3. The lowest BCUT2D eigenvalue weighted by atomic mass is 10.2. The second-order valence-corrected chi connectivity index (χ2v) is 7.52. The van der Waals surface area contributed by atoms with Crippen LogP contribution in [0.15, 0.2) is 48.9 Å². The number of carbonyl (C=O) groups is 1. The van der Waals surface area contributed by atoms with Crippen LogP contribution >= 0.6 is 23.4 Å². The number of hydrogen-bond donors (Lipinski definition) is 0. The summed E-state index contributed by atoms with van der Waals surface area (Å²) in [4.78, 5) is 14.9. The van der Waals surface area contributed by atoms with Crippen LogP contribution in [0.2, 0.25) is 5.02 Å². The number of nitrogens with zero attached hydrogens (tertiary/aromatic N) is 4. The Labute approximate surface area is 159 Å². The van der Waals surface area contributed by atoms with Crippen LogP contribution in [-0.4, -0.2) is 49.7 Å². The predicted octanol–water partition coefficient (Wildman–Crippen LogP) is 3.64. The molecule has 1 aliphatic rings. The van der Waals surface area contributed by atoms with Gasteiger partial charge in [0.1, 0.15) is 11.4 Å². The van der Waals surface area contributed by atoms with Crippen molar-refractivity contribution in [1.29, 1.82) is 0 Å². The lowest BCUT2D eigenvalue weighted by molar-refractivity contribution is 0.0772. The molecule has 1 amide bonds. The number of benzene rings is 1. The predicted molar refractivity (Wildman–Crippen MR) is 101 cm³/mol. The van der Waals surface area contributed by atoms with Crippen LogP contribution in [-0.2, 0) is 0 Å². The maximum absolute atomic E-state index is 13.8. The van der Waals surface area contributed by atoms with Gasteiger partial charge in [0.2, 0.25) is 0 Å². The van der Waals surface area contributed by atoms with Gasteiger partial charge in [-0.2, -0.15) is 16.9 Å².